The SMILES string of the molecule is CCN(Cc1ccccc1)C(=O)C1CC1C(=O)Nc1ccccc1C#N. The number of hydrogen-bond donors (Lipinski definition) is 1. The van der Waals surface area contributed by atoms with E-state index in [2.05, 4.69) is 11.4 Å². The molecule has 0 aliphatic heterocycles. The van der Waals surface area contributed by atoms with Crippen LogP contribution in [-0.4, -0.2) is 23.3 Å². The van der Waals surface area contributed by atoms with Gasteiger partial charge < -0.3 is 10.2 Å². The molecule has 0 heterocycles. The van der Waals surface area contributed by atoms with E-state index >= 15 is 0 Å². The van der Waals surface area contributed by atoms with Crippen molar-refractivity contribution in [3.8, 4) is 6.07 Å². The molecule has 2 aromatic carbocycles. The molecule has 0 aromatic heterocycles. The zero-order chi connectivity index (χ0) is 18.5. The Hall–Kier alpha value is -3.13. The van der Waals surface area contributed by atoms with Crippen LogP contribution in [0.5, 0.6) is 0 Å². The molecule has 5 nitrogen and oxygen atoms in total. The van der Waals surface area contributed by atoms with E-state index in [4.69, 9.17) is 5.26 Å². The van der Waals surface area contributed by atoms with Gasteiger partial charge >= 0.3 is 0 Å². The molecule has 0 spiro atoms. The highest BCUT2D eigenvalue weighted by atomic mass is 16.2. The van der Waals surface area contributed by atoms with Crippen molar-refractivity contribution in [3.63, 3.8) is 0 Å². The summed E-state index contributed by atoms with van der Waals surface area (Å²) in [4.78, 5) is 26.9. The lowest BCUT2D eigenvalue weighted by atomic mass is 10.1. The summed E-state index contributed by atoms with van der Waals surface area (Å²) in [5, 5.41) is 11.9. The summed E-state index contributed by atoms with van der Waals surface area (Å²) >= 11 is 0. The molecule has 3 rings (SSSR count). The lowest BCUT2D eigenvalue weighted by Crippen LogP contribution is -2.33. The van der Waals surface area contributed by atoms with Crippen molar-refractivity contribution < 1.29 is 9.59 Å². The number of carbonyl (C=O) groups excluding carboxylic acids is 2. The van der Waals surface area contributed by atoms with Crippen LogP contribution < -0.4 is 5.32 Å². The largest absolute Gasteiger partial charge is 0.338 e. The van der Waals surface area contributed by atoms with Gasteiger partial charge in [0.05, 0.1) is 23.1 Å². The quantitative estimate of drug-likeness (QED) is 0.872. The first-order chi connectivity index (χ1) is 12.6. The Bertz CT molecular complexity index is 842. The van der Waals surface area contributed by atoms with Gasteiger partial charge in [-0.3, -0.25) is 9.59 Å². The van der Waals surface area contributed by atoms with Gasteiger partial charge in [0.2, 0.25) is 11.8 Å². The van der Waals surface area contributed by atoms with Crippen molar-refractivity contribution in [2.24, 2.45) is 11.8 Å². The van der Waals surface area contributed by atoms with Gasteiger partial charge in [-0.15, -0.1) is 0 Å². The van der Waals surface area contributed by atoms with Gasteiger partial charge in [0.1, 0.15) is 6.07 Å². The van der Waals surface area contributed by atoms with E-state index in [0.717, 1.165) is 5.56 Å². The van der Waals surface area contributed by atoms with E-state index < -0.39 is 0 Å². The average Bonchev–Trinajstić information content (AvgIpc) is 3.48. The molecule has 1 aliphatic carbocycles. The van der Waals surface area contributed by atoms with Crippen molar-refractivity contribution in [1.82, 2.24) is 4.90 Å². The summed E-state index contributed by atoms with van der Waals surface area (Å²) in [7, 11) is 0. The summed E-state index contributed by atoms with van der Waals surface area (Å²) in [6.45, 7) is 3.11. The molecule has 2 amide bonds. The molecular formula is C21H21N3O2. The van der Waals surface area contributed by atoms with Gasteiger partial charge in [-0.25, -0.2) is 0 Å². The first-order valence-electron chi connectivity index (χ1n) is 8.76. The molecule has 1 saturated carbocycles. The Morgan fingerprint density at radius 1 is 1.12 bits per heavy atom. The van der Waals surface area contributed by atoms with Gasteiger partial charge in [-0.05, 0) is 31.0 Å². The third-order valence-electron chi connectivity index (χ3n) is 4.66. The number of anilines is 1. The van der Waals surface area contributed by atoms with Crippen LogP contribution in [0.4, 0.5) is 5.69 Å². The van der Waals surface area contributed by atoms with Gasteiger partial charge in [0.25, 0.3) is 0 Å². The van der Waals surface area contributed by atoms with E-state index in [9.17, 15) is 9.59 Å². The van der Waals surface area contributed by atoms with Crippen LogP contribution >= 0.6 is 0 Å². The number of nitriles is 1. The Morgan fingerprint density at radius 3 is 2.50 bits per heavy atom. The smallest absolute Gasteiger partial charge is 0.228 e. The second-order valence-corrected chi connectivity index (χ2v) is 6.43. The number of carbonyl (C=O) groups is 2. The molecule has 0 radical (unpaired) electrons. The summed E-state index contributed by atoms with van der Waals surface area (Å²) in [5.74, 6) is -0.765. The van der Waals surface area contributed by atoms with Crippen LogP contribution in [0.1, 0.15) is 24.5 Å². The molecule has 5 heteroatoms. The van der Waals surface area contributed by atoms with Gasteiger partial charge in [-0.1, -0.05) is 42.5 Å². The maximum Gasteiger partial charge on any atom is 0.228 e. The number of para-hydroxylation sites is 1. The van der Waals surface area contributed by atoms with E-state index in [1.165, 1.54) is 0 Å². The van der Waals surface area contributed by atoms with Gasteiger partial charge in [0, 0.05) is 13.1 Å². The van der Waals surface area contributed by atoms with Crippen LogP contribution in [0.2, 0.25) is 0 Å². The highest BCUT2D eigenvalue weighted by Gasteiger charge is 2.49. The van der Waals surface area contributed by atoms with Crippen molar-refractivity contribution >= 4 is 17.5 Å². The molecule has 1 fully saturated rings. The monoisotopic (exact) mass is 347 g/mol. The normalized spacial score (nSPS) is 17.8. The molecule has 0 bridgehead atoms. The van der Waals surface area contributed by atoms with Crippen molar-refractivity contribution in [2.45, 2.75) is 19.9 Å². The lowest BCUT2D eigenvalue weighted by molar-refractivity contribution is -0.134. The number of rotatable bonds is 6. The molecule has 2 atom stereocenters. The summed E-state index contributed by atoms with van der Waals surface area (Å²) in [6.07, 6.45) is 0.560. The zero-order valence-electron chi connectivity index (χ0n) is 14.7. The van der Waals surface area contributed by atoms with Crippen molar-refractivity contribution in [1.29, 1.82) is 5.26 Å². The molecule has 1 aliphatic rings. The summed E-state index contributed by atoms with van der Waals surface area (Å²) in [6, 6.07) is 18.8. The molecule has 132 valence electrons. The molecule has 2 aromatic rings. The highest BCUT2D eigenvalue weighted by molar-refractivity contribution is 6.00. The number of benzene rings is 2. The third kappa shape index (κ3) is 3.92. The Kier molecular flexibility index (Phi) is 5.33. The second-order valence-electron chi connectivity index (χ2n) is 6.43. The van der Waals surface area contributed by atoms with E-state index in [1.54, 1.807) is 29.2 Å². The maximum absolute atomic E-state index is 12.7. The predicted octanol–water partition coefficient (Wildman–Crippen LogP) is 3.18. The fourth-order valence-electron chi connectivity index (χ4n) is 3.06. The van der Waals surface area contributed by atoms with Crippen LogP contribution in [-0.2, 0) is 16.1 Å². The summed E-state index contributed by atoms with van der Waals surface area (Å²) in [5.41, 5.74) is 1.99. The molecule has 0 saturated heterocycles. The third-order valence-corrected chi connectivity index (χ3v) is 4.66. The van der Waals surface area contributed by atoms with Crippen LogP contribution in [0, 0.1) is 23.2 Å². The Morgan fingerprint density at radius 2 is 1.81 bits per heavy atom. The molecule has 1 N–H and O–H groups in total. The Labute approximate surface area is 153 Å². The van der Waals surface area contributed by atoms with Crippen LogP contribution in [0.15, 0.2) is 54.6 Å². The topological polar surface area (TPSA) is 73.2 Å². The molecule has 2 unspecified atom stereocenters. The number of nitrogens with zero attached hydrogens (tertiary/aromatic N) is 2. The minimum atomic E-state index is -0.320. The lowest BCUT2D eigenvalue weighted by Gasteiger charge is -2.21. The highest BCUT2D eigenvalue weighted by Crippen LogP contribution is 2.41. The molecular weight excluding hydrogens is 326 g/mol. The fraction of sp³-hybridized carbons (Fsp3) is 0.286. The first-order valence-corrected chi connectivity index (χ1v) is 8.76. The standard InChI is InChI=1S/C21H21N3O2/c1-2-24(14-15-8-4-3-5-9-15)21(26)18-12-17(18)20(25)23-19-11-7-6-10-16(19)13-22/h3-11,17-18H,2,12,14H2,1H3,(H,23,25). The molecule has 26 heavy (non-hydrogen) atoms. The first kappa shape index (κ1) is 17.7. The van der Waals surface area contributed by atoms with Crippen LogP contribution in [0.3, 0.4) is 0 Å². The zero-order valence-corrected chi connectivity index (χ0v) is 14.7. The summed E-state index contributed by atoms with van der Waals surface area (Å²) < 4.78 is 0. The minimum Gasteiger partial charge on any atom is -0.338 e. The fourth-order valence-corrected chi connectivity index (χ4v) is 3.06. The number of amides is 2. The second kappa shape index (κ2) is 7.83. The van der Waals surface area contributed by atoms with E-state index in [0.29, 0.717) is 30.8 Å². The average molecular weight is 347 g/mol. The number of hydrogen-bond acceptors (Lipinski definition) is 3. The van der Waals surface area contributed by atoms with Gasteiger partial charge in [0.15, 0.2) is 0 Å². The Balaban J connectivity index is 1.60. The van der Waals surface area contributed by atoms with E-state index in [1.807, 2.05) is 37.3 Å². The minimum absolute atomic E-state index is 0.0186. The van der Waals surface area contributed by atoms with Crippen molar-refractivity contribution in [2.75, 3.05) is 11.9 Å². The maximum atomic E-state index is 12.7. The predicted molar refractivity (Wildman–Crippen MR) is 98.9 cm³/mol. The van der Waals surface area contributed by atoms with Crippen LogP contribution in [0.25, 0.3) is 0 Å². The van der Waals surface area contributed by atoms with Gasteiger partial charge in [-0.2, -0.15) is 5.26 Å². The van der Waals surface area contributed by atoms with Crippen molar-refractivity contribution in [3.05, 3.63) is 65.7 Å². The number of nitrogens with one attached hydrogen (secondary N) is 1. The van der Waals surface area contributed by atoms with E-state index in [-0.39, 0.29) is 23.7 Å².